The first-order valence-corrected chi connectivity index (χ1v) is 6.35. The van der Waals surface area contributed by atoms with Gasteiger partial charge in [-0.15, -0.1) is 0 Å². The lowest BCUT2D eigenvalue weighted by atomic mass is 10.0. The second-order valence-corrected chi connectivity index (χ2v) is 5.11. The number of hydrogen-bond donors (Lipinski definition) is 6. The van der Waals surface area contributed by atoms with E-state index in [0.717, 1.165) is 0 Å². The van der Waals surface area contributed by atoms with Crippen LogP contribution >= 0.6 is 0 Å². The van der Waals surface area contributed by atoms with Gasteiger partial charge < -0.3 is 36.0 Å². The maximum atomic E-state index is 9.87. The molecule has 0 saturated heterocycles. The van der Waals surface area contributed by atoms with E-state index in [1.54, 1.807) is 4.57 Å². The van der Waals surface area contributed by atoms with Gasteiger partial charge in [-0.1, -0.05) is 0 Å². The van der Waals surface area contributed by atoms with E-state index in [4.69, 9.17) is 5.73 Å². The Morgan fingerprint density at radius 1 is 1.40 bits per heavy atom. The van der Waals surface area contributed by atoms with Crippen molar-refractivity contribution in [3.63, 3.8) is 0 Å². The number of imidazole rings is 1. The minimum absolute atomic E-state index is 0.0615. The van der Waals surface area contributed by atoms with Crippen molar-refractivity contribution in [2.75, 3.05) is 11.9 Å². The highest BCUT2D eigenvalue weighted by molar-refractivity contribution is 5.93. The van der Waals surface area contributed by atoms with Crippen LogP contribution in [0.2, 0.25) is 0 Å². The number of nitrogens with one attached hydrogen (secondary N) is 1. The van der Waals surface area contributed by atoms with Crippen LogP contribution in [0.3, 0.4) is 0 Å². The monoisotopic (exact) mass is 283 g/mol. The topological polar surface area (TPSA) is 149 Å². The van der Waals surface area contributed by atoms with Gasteiger partial charge in [-0.05, 0) is 6.42 Å². The Kier molecular flexibility index (Phi) is 3.13. The highest BCUT2D eigenvalue weighted by Gasteiger charge is 2.43. The number of fused-ring (bicyclic) bond motifs is 1. The fraction of sp³-hybridized carbons (Fsp3) is 0.636. The van der Waals surface area contributed by atoms with Gasteiger partial charge in [-0.2, -0.15) is 0 Å². The molecule has 20 heavy (non-hydrogen) atoms. The largest absolute Gasteiger partial charge is 0.396 e. The van der Waals surface area contributed by atoms with Gasteiger partial charge in [0.15, 0.2) is 12.2 Å². The molecule has 9 heteroatoms. The zero-order valence-corrected chi connectivity index (χ0v) is 10.6. The molecule has 0 amide bonds. The number of aliphatic hydroxyl groups excluding tert-OH is 4. The molecule has 1 aromatic rings. The number of hydrogen-bond acceptors (Lipinski definition) is 8. The van der Waals surface area contributed by atoms with Gasteiger partial charge in [0.1, 0.15) is 11.5 Å². The summed E-state index contributed by atoms with van der Waals surface area (Å²) in [7, 11) is 0. The van der Waals surface area contributed by atoms with Crippen molar-refractivity contribution in [2.45, 2.75) is 30.9 Å². The summed E-state index contributed by atoms with van der Waals surface area (Å²) in [6.45, 7) is -0.262. The molecule has 1 fully saturated rings. The van der Waals surface area contributed by atoms with Crippen LogP contribution < -0.4 is 11.1 Å². The molecule has 1 saturated carbocycles. The summed E-state index contributed by atoms with van der Waals surface area (Å²) in [6.07, 6.45) is -1.29. The molecular weight excluding hydrogens is 266 g/mol. The molecule has 110 valence electrons. The first kappa shape index (κ1) is 13.3. The summed E-state index contributed by atoms with van der Waals surface area (Å²) in [6, 6.07) is -0.341. The molecule has 0 aromatic carbocycles. The molecular formula is C11H17N5O4. The first-order chi connectivity index (χ1) is 9.52. The average molecular weight is 283 g/mol. The van der Waals surface area contributed by atoms with Crippen molar-refractivity contribution in [2.24, 2.45) is 16.6 Å². The van der Waals surface area contributed by atoms with Crippen LogP contribution in [-0.2, 0) is 0 Å². The predicted molar refractivity (Wildman–Crippen MR) is 68.7 cm³/mol. The van der Waals surface area contributed by atoms with Crippen molar-refractivity contribution < 1.29 is 20.4 Å². The molecule has 2 aliphatic rings. The van der Waals surface area contributed by atoms with E-state index in [0.29, 0.717) is 11.5 Å². The fourth-order valence-electron chi connectivity index (χ4n) is 2.92. The number of nitrogens with zero attached hydrogens (tertiary/aromatic N) is 3. The first-order valence-electron chi connectivity index (χ1n) is 6.35. The number of anilines is 1. The number of aromatic nitrogens is 2. The maximum absolute atomic E-state index is 9.87. The lowest BCUT2D eigenvalue weighted by molar-refractivity contribution is 0.00393. The summed E-state index contributed by atoms with van der Waals surface area (Å²) >= 11 is 0. The Bertz CT molecular complexity index is 545. The van der Waals surface area contributed by atoms with Crippen LogP contribution in [0.5, 0.6) is 0 Å². The summed E-state index contributed by atoms with van der Waals surface area (Å²) in [5.41, 5.74) is 5.90. The summed E-state index contributed by atoms with van der Waals surface area (Å²) in [5, 5.41) is 41.6. The Labute approximate surface area is 114 Å². The Hall–Kier alpha value is -1.68. The second-order valence-electron chi connectivity index (χ2n) is 5.11. The van der Waals surface area contributed by atoms with Crippen LogP contribution in [0, 0.1) is 5.92 Å². The van der Waals surface area contributed by atoms with Crippen LogP contribution in [0.15, 0.2) is 11.3 Å². The molecule has 7 N–H and O–H groups in total. The second kappa shape index (κ2) is 4.70. The SMILES string of the molecule is NC1=NC(O)c2ncn(C3C[C@H](O)[C@H](O)C3CO)c2N1. The lowest BCUT2D eigenvalue weighted by Gasteiger charge is -2.24. The van der Waals surface area contributed by atoms with E-state index in [-0.39, 0.29) is 25.0 Å². The predicted octanol–water partition coefficient (Wildman–Crippen LogP) is -2.11. The van der Waals surface area contributed by atoms with Crippen LogP contribution in [0.1, 0.15) is 24.4 Å². The molecule has 1 aliphatic carbocycles. The number of aliphatic hydroxyl groups is 4. The quantitative estimate of drug-likeness (QED) is 0.363. The molecule has 2 heterocycles. The van der Waals surface area contributed by atoms with Crippen molar-refractivity contribution in [3.8, 4) is 0 Å². The number of guanidine groups is 1. The van der Waals surface area contributed by atoms with Crippen molar-refractivity contribution in [1.29, 1.82) is 0 Å². The number of nitrogens with two attached hydrogens (primary N) is 1. The molecule has 1 aromatic heterocycles. The minimum atomic E-state index is -1.14. The average Bonchev–Trinajstić information content (AvgIpc) is 2.92. The van der Waals surface area contributed by atoms with E-state index in [9.17, 15) is 20.4 Å². The van der Waals surface area contributed by atoms with E-state index in [1.165, 1.54) is 6.33 Å². The molecule has 0 bridgehead atoms. The number of rotatable bonds is 2. The van der Waals surface area contributed by atoms with Crippen molar-refractivity contribution in [3.05, 3.63) is 12.0 Å². The molecule has 1 aliphatic heterocycles. The smallest absolute Gasteiger partial charge is 0.197 e. The van der Waals surface area contributed by atoms with Crippen LogP contribution in [0.25, 0.3) is 0 Å². The Morgan fingerprint density at radius 2 is 2.15 bits per heavy atom. The van der Waals surface area contributed by atoms with Gasteiger partial charge in [0, 0.05) is 12.0 Å². The number of aliphatic imine (C=N–C) groups is 1. The molecule has 5 atom stereocenters. The summed E-state index contributed by atoms with van der Waals surface area (Å²) in [5.74, 6) is 0.0171. The third-order valence-corrected chi connectivity index (χ3v) is 3.95. The molecule has 3 unspecified atom stereocenters. The summed E-state index contributed by atoms with van der Waals surface area (Å²) in [4.78, 5) is 7.83. The lowest BCUT2D eigenvalue weighted by Crippen LogP contribution is -2.32. The zero-order chi connectivity index (χ0) is 14.4. The van der Waals surface area contributed by atoms with Gasteiger partial charge in [-0.25, -0.2) is 9.98 Å². The van der Waals surface area contributed by atoms with E-state index >= 15 is 0 Å². The normalized spacial score (nSPS) is 36.4. The highest BCUT2D eigenvalue weighted by Crippen LogP contribution is 2.40. The van der Waals surface area contributed by atoms with E-state index in [1.807, 2.05) is 0 Å². The fourth-order valence-corrected chi connectivity index (χ4v) is 2.92. The Morgan fingerprint density at radius 3 is 2.85 bits per heavy atom. The molecule has 0 radical (unpaired) electrons. The standard InChI is InChI=1S/C11H17N5O4/c12-11-14-9-7(10(20)15-11)13-3-16(9)5-1-6(18)8(19)4(5)2-17/h3-6,8,10,17-20H,1-2H2,(H3,12,14,15)/t4?,5?,6-,8+,10?/m0/s1. The van der Waals surface area contributed by atoms with Gasteiger partial charge in [0.25, 0.3) is 0 Å². The minimum Gasteiger partial charge on any atom is -0.396 e. The molecule has 9 nitrogen and oxygen atoms in total. The van der Waals surface area contributed by atoms with E-state index in [2.05, 4.69) is 15.3 Å². The third-order valence-electron chi connectivity index (χ3n) is 3.95. The molecule has 0 spiro atoms. The van der Waals surface area contributed by atoms with Gasteiger partial charge in [-0.3, -0.25) is 0 Å². The van der Waals surface area contributed by atoms with Crippen molar-refractivity contribution >= 4 is 11.8 Å². The van der Waals surface area contributed by atoms with Crippen LogP contribution in [-0.4, -0.2) is 54.8 Å². The van der Waals surface area contributed by atoms with Gasteiger partial charge in [0.2, 0.25) is 0 Å². The Balaban J connectivity index is 1.97. The third kappa shape index (κ3) is 1.86. The van der Waals surface area contributed by atoms with E-state index < -0.39 is 24.4 Å². The molecule has 3 rings (SSSR count). The summed E-state index contributed by atoms with van der Waals surface area (Å²) < 4.78 is 1.67. The highest BCUT2D eigenvalue weighted by atomic mass is 16.3. The van der Waals surface area contributed by atoms with Crippen molar-refractivity contribution in [1.82, 2.24) is 9.55 Å². The maximum Gasteiger partial charge on any atom is 0.197 e. The van der Waals surface area contributed by atoms with Gasteiger partial charge >= 0.3 is 0 Å². The zero-order valence-electron chi connectivity index (χ0n) is 10.6. The van der Waals surface area contributed by atoms with Gasteiger partial charge in [0.05, 0.1) is 25.1 Å². The van der Waals surface area contributed by atoms with Crippen LogP contribution in [0.4, 0.5) is 5.82 Å².